The molecule has 0 spiro atoms. The molecule has 3 heterocycles. The van der Waals surface area contributed by atoms with Crippen molar-refractivity contribution in [3.8, 4) is 10.4 Å². The van der Waals surface area contributed by atoms with Gasteiger partial charge in [0, 0.05) is 29.1 Å². The third-order valence-corrected chi connectivity index (χ3v) is 13.6. The topological polar surface area (TPSA) is 188 Å². The van der Waals surface area contributed by atoms with Gasteiger partial charge in [0.1, 0.15) is 23.5 Å². The quantitative estimate of drug-likeness (QED) is 0.0226. The zero-order valence-electron chi connectivity index (χ0n) is 39.1. The molecule has 19 heteroatoms. The van der Waals surface area contributed by atoms with Crippen LogP contribution in [0.5, 0.6) is 0 Å². The second-order valence-corrected chi connectivity index (χ2v) is 19.7. The summed E-state index contributed by atoms with van der Waals surface area (Å²) in [4.78, 5) is 66.5. The van der Waals surface area contributed by atoms with E-state index in [1.165, 1.54) is 28.4 Å². The van der Waals surface area contributed by atoms with Crippen molar-refractivity contribution in [2.75, 3.05) is 25.0 Å². The number of nitrogens with one attached hydrogen (secondary N) is 4. The Bertz CT molecular complexity index is 2540. The fraction of sp³-hybridized carbons (Fsp3) is 0.440. The van der Waals surface area contributed by atoms with Crippen LogP contribution in [0.15, 0.2) is 70.7 Å². The molecule has 0 radical (unpaired) electrons. The normalized spacial score (nSPS) is 15.5. The molecule has 6 rings (SSSR count). The van der Waals surface area contributed by atoms with Crippen LogP contribution in [0.4, 0.5) is 24.5 Å². The first-order chi connectivity index (χ1) is 33.1. The molecule has 1 aliphatic rings. The van der Waals surface area contributed by atoms with E-state index < -0.39 is 59.1 Å². The summed E-state index contributed by atoms with van der Waals surface area (Å²) in [6.07, 6.45) is 6.19. The molecule has 2 aromatic heterocycles. The number of aliphatic hydroxyl groups is 1. The van der Waals surface area contributed by atoms with Gasteiger partial charge in [-0.1, -0.05) is 81.8 Å². The third-order valence-electron chi connectivity index (χ3n) is 12.0. The van der Waals surface area contributed by atoms with Crippen molar-refractivity contribution in [2.24, 2.45) is 5.92 Å². The number of aryl methyl sites for hydroxylation is 2. The molecule has 69 heavy (non-hydrogen) atoms. The largest absolute Gasteiger partial charge is 0.391 e. The van der Waals surface area contributed by atoms with Crippen molar-refractivity contribution in [1.82, 2.24) is 31.2 Å². The van der Waals surface area contributed by atoms with Gasteiger partial charge < -0.3 is 30.5 Å². The van der Waals surface area contributed by atoms with E-state index in [4.69, 9.17) is 9.36 Å². The first-order valence-electron chi connectivity index (χ1n) is 23.2. The van der Waals surface area contributed by atoms with E-state index >= 15 is 0 Å². The molecule has 3 aromatic carbocycles. The van der Waals surface area contributed by atoms with E-state index in [1.807, 2.05) is 67.6 Å². The maximum absolute atomic E-state index is 14.7. The lowest BCUT2D eigenvalue weighted by molar-refractivity contribution is -0.141. The molecule has 0 unspecified atom stereocenters. The first kappa shape index (κ1) is 53.0. The number of benzene rings is 3. The molecule has 14 nitrogen and oxygen atoms in total. The van der Waals surface area contributed by atoms with E-state index in [2.05, 4.69) is 31.6 Å². The Morgan fingerprint density at radius 3 is 2.29 bits per heavy atom. The number of aliphatic hydroxyl groups excluding tert-OH is 1. The summed E-state index contributed by atoms with van der Waals surface area (Å²) in [5, 5.41) is 23.2. The molecule has 0 saturated carbocycles. The van der Waals surface area contributed by atoms with Gasteiger partial charge in [0.15, 0.2) is 11.6 Å². The van der Waals surface area contributed by atoms with Crippen LogP contribution in [0.2, 0.25) is 0 Å². The zero-order valence-corrected chi connectivity index (χ0v) is 42.1. The number of hydroxylamine groups is 1. The Hall–Kier alpha value is -5.38. The molecule has 4 atom stereocenters. The highest BCUT2D eigenvalue weighted by atomic mass is 127. The van der Waals surface area contributed by atoms with Crippen LogP contribution in [-0.2, 0) is 19.2 Å². The summed E-state index contributed by atoms with van der Waals surface area (Å²) >= 11 is 3.45. The lowest BCUT2D eigenvalue weighted by atomic mass is 9.91. The van der Waals surface area contributed by atoms with Crippen molar-refractivity contribution < 1.29 is 46.8 Å². The standard InChI is InChI=1S/C50H59F3IN7O7S/c1-29(2)44(42-23-30(3)59-68-42)50(66)61-27-35(62)25-41(61)49(65)58-40(32-13-15-33(16-14-32)47-31(4)56-28-69-47)26-43(63)55-21-11-9-7-5-6-8-10-12-22-67-60-48(64)36-18-19-37(51)45(53)46(36)57-39-20-17-34(54)24-38(39)52/h13-20,23-24,28-29,35,40-41,44,57,62H,5-12,21-22,25-27H2,1-4H3,(H,55,63)(H,58,65)(H,60,64)/t35-,40+,41+,44-/m1/s1. The van der Waals surface area contributed by atoms with Crippen LogP contribution >= 0.6 is 33.9 Å². The van der Waals surface area contributed by atoms with Crippen LogP contribution in [0.1, 0.15) is 123 Å². The summed E-state index contributed by atoms with van der Waals surface area (Å²) in [6, 6.07) is 13.8. The summed E-state index contributed by atoms with van der Waals surface area (Å²) in [7, 11) is 0. The van der Waals surface area contributed by atoms with Gasteiger partial charge in [-0.3, -0.25) is 24.0 Å². The number of rotatable bonds is 24. The van der Waals surface area contributed by atoms with Crippen molar-refractivity contribution in [3.05, 3.63) is 115 Å². The number of unbranched alkanes of at least 4 members (excludes halogenated alkanes) is 7. The Labute approximate surface area is 417 Å². The van der Waals surface area contributed by atoms with E-state index in [0.717, 1.165) is 78.8 Å². The van der Waals surface area contributed by atoms with Crippen molar-refractivity contribution in [1.29, 1.82) is 0 Å². The number of likely N-dealkylation sites (tertiary alicyclic amines) is 1. The maximum atomic E-state index is 14.7. The second kappa shape index (κ2) is 25.5. The molecular weight excluding hydrogens is 1030 g/mol. The minimum Gasteiger partial charge on any atom is -0.391 e. The Morgan fingerprint density at radius 2 is 1.64 bits per heavy atom. The minimum absolute atomic E-state index is 0.00958. The van der Waals surface area contributed by atoms with Crippen LogP contribution in [-0.4, -0.2) is 75.6 Å². The van der Waals surface area contributed by atoms with Gasteiger partial charge in [-0.25, -0.2) is 23.6 Å². The number of anilines is 2. The number of aromatic nitrogens is 2. The lowest BCUT2D eigenvalue weighted by Crippen LogP contribution is -2.49. The highest BCUT2D eigenvalue weighted by Gasteiger charge is 2.43. The molecule has 0 bridgehead atoms. The predicted molar refractivity (Wildman–Crippen MR) is 265 cm³/mol. The third kappa shape index (κ3) is 14.6. The maximum Gasteiger partial charge on any atom is 0.277 e. The molecular formula is C50H59F3IN7O7S. The molecule has 1 saturated heterocycles. The van der Waals surface area contributed by atoms with Gasteiger partial charge in [-0.15, -0.1) is 11.3 Å². The van der Waals surface area contributed by atoms with E-state index in [-0.39, 0.29) is 55.0 Å². The number of amides is 4. The van der Waals surface area contributed by atoms with Crippen molar-refractivity contribution in [3.63, 3.8) is 0 Å². The molecule has 1 fully saturated rings. The number of hydrogen-bond acceptors (Lipinski definition) is 11. The summed E-state index contributed by atoms with van der Waals surface area (Å²) in [5.74, 6) is -5.51. The fourth-order valence-electron chi connectivity index (χ4n) is 8.32. The van der Waals surface area contributed by atoms with E-state index in [9.17, 15) is 37.5 Å². The Kier molecular flexibility index (Phi) is 19.6. The average molecular weight is 1090 g/mol. The van der Waals surface area contributed by atoms with Crippen molar-refractivity contribution >= 4 is 68.9 Å². The van der Waals surface area contributed by atoms with Gasteiger partial charge in [0.25, 0.3) is 5.91 Å². The van der Waals surface area contributed by atoms with Gasteiger partial charge in [-0.2, -0.15) is 0 Å². The number of carbonyl (C=O) groups is 4. The minimum atomic E-state index is -1.32. The number of halogens is 4. The van der Waals surface area contributed by atoms with Gasteiger partial charge in [0.05, 0.1) is 63.9 Å². The van der Waals surface area contributed by atoms with Gasteiger partial charge >= 0.3 is 0 Å². The smallest absolute Gasteiger partial charge is 0.277 e. The predicted octanol–water partition coefficient (Wildman–Crippen LogP) is 9.73. The van der Waals surface area contributed by atoms with Crippen LogP contribution in [0.3, 0.4) is 0 Å². The van der Waals surface area contributed by atoms with Gasteiger partial charge in [-0.05, 0) is 96.7 Å². The summed E-state index contributed by atoms with van der Waals surface area (Å²) in [5.41, 5.74) is 6.40. The molecule has 5 N–H and O–H groups in total. The van der Waals surface area contributed by atoms with Crippen LogP contribution < -0.4 is 21.4 Å². The Balaban J connectivity index is 0.920. The first-order valence-corrected chi connectivity index (χ1v) is 25.2. The molecule has 5 aromatic rings. The second-order valence-electron chi connectivity index (χ2n) is 17.6. The zero-order chi connectivity index (χ0) is 49.6. The molecule has 0 aliphatic carbocycles. The summed E-state index contributed by atoms with van der Waals surface area (Å²) in [6.45, 7) is 8.15. The number of β-amino-alcohol motifs (C(OH)–C–C–N with tert-alkyl or cyclic N) is 1. The monoisotopic (exact) mass is 1090 g/mol. The van der Waals surface area contributed by atoms with E-state index in [0.29, 0.717) is 28.0 Å². The lowest BCUT2D eigenvalue weighted by Gasteiger charge is -2.30. The van der Waals surface area contributed by atoms with Crippen LogP contribution in [0.25, 0.3) is 10.4 Å². The van der Waals surface area contributed by atoms with Crippen LogP contribution in [0, 0.1) is 40.8 Å². The van der Waals surface area contributed by atoms with E-state index in [1.54, 1.807) is 24.6 Å². The number of hydrogen-bond donors (Lipinski definition) is 5. The van der Waals surface area contributed by atoms with Crippen molar-refractivity contribution in [2.45, 2.75) is 116 Å². The average Bonchev–Trinajstić information content (AvgIpc) is 4.06. The highest BCUT2D eigenvalue weighted by molar-refractivity contribution is 14.1. The molecule has 4 amide bonds. The fourth-order valence-corrected chi connectivity index (χ4v) is 9.58. The Morgan fingerprint density at radius 1 is 0.928 bits per heavy atom. The number of carbonyl (C=O) groups excluding carboxylic acids is 4. The molecule has 370 valence electrons. The summed E-state index contributed by atoms with van der Waals surface area (Å²) < 4.78 is 49.3. The SMILES string of the molecule is Cc1cc([C@H](C(=O)N2C[C@H](O)C[C@H]2C(=O)N[C@@H](CC(=O)NCCCCCCCCCCONC(=O)c2ccc(F)c(F)c2Nc2ccc(I)cc2F)c2ccc(-c3scnc3C)cc2)C(C)C)on1. The number of nitrogens with zero attached hydrogens (tertiary/aromatic N) is 3. The highest BCUT2D eigenvalue weighted by Crippen LogP contribution is 2.33. The number of thiazole rings is 1. The molecule has 1 aliphatic heterocycles. The van der Waals surface area contributed by atoms with Gasteiger partial charge in [0.2, 0.25) is 17.7 Å².